The average Bonchev–Trinajstić information content (AvgIpc) is 2.46. The fraction of sp³-hybridized carbons (Fsp3) is 0.467. The first kappa shape index (κ1) is 16.1. The molecule has 2 unspecified atom stereocenters. The maximum Gasteiger partial charge on any atom is 0.408 e. The monoisotopic (exact) mass is 310 g/mol. The van der Waals surface area contributed by atoms with Crippen LogP contribution in [-0.4, -0.2) is 29.7 Å². The maximum absolute atomic E-state index is 13.2. The molecule has 0 spiro atoms. The molecule has 1 aromatic carbocycles. The summed E-state index contributed by atoms with van der Waals surface area (Å²) in [7, 11) is 0. The highest BCUT2D eigenvalue weighted by Gasteiger charge is 2.33. The molecule has 0 aromatic heterocycles. The summed E-state index contributed by atoms with van der Waals surface area (Å²) in [6.07, 6.45) is -1.36. The molecule has 0 saturated carbocycles. The van der Waals surface area contributed by atoms with Gasteiger partial charge in [0.05, 0.1) is 5.69 Å². The first-order valence-corrected chi connectivity index (χ1v) is 6.92. The lowest BCUT2D eigenvalue weighted by Gasteiger charge is -2.24. The van der Waals surface area contributed by atoms with Crippen molar-refractivity contribution in [3.05, 3.63) is 24.0 Å². The summed E-state index contributed by atoms with van der Waals surface area (Å²) in [4.78, 5) is 24.0. The summed E-state index contributed by atoms with van der Waals surface area (Å²) in [6, 6.07) is 2.87. The van der Waals surface area contributed by atoms with E-state index in [9.17, 15) is 14.0 Å². The summed E-state index contributed by atoms with van der Waals surface area (Å²) in [5.74, 6) is -0.646. The zero-order valence-corrected chi connectivity index (χ0v) is 12.9. The van der Waals surface area contributed by atoms with Crippen LogP contribution in [0.5, 0.6) is 5.75 Å². The van der Waals surface area contributed by atoms with Crippen molar-refractivity contribution < 1.29 is 23.5 Å². The number of carbonyl (C=O) groups is 2. The number of anilines is 1. The van der Waals surface area contributed by atoms with E-state index in [1.807, 2.05) is 0 Å². The second kappa shape index (κ2) is 5.82. The van der Waals surface area contributed by atoms with Crippen molar-refractivity contribution in [3.63, 3.8) is 0 Å². The molecule has 0 radical (unpaired) electrons. The van der Waals surface area contributed by atoms with Crippen molar-refractivity contribution >= 4 is 17.7 Å². The zero-order chi connectivity index (χ0) is 16.5. The van der Waals surface area contributed by atoms with Gasteiger partial charge in [0, 0.05) is 6.07 Å². The molecule has 2 atom stereocenters. The SMILES string of the molecule is CC1Oc2ccc(F)cc2NC(=O)C1NC(=O)OC(C)(C)C. The van der Waals surface area contributed by atoms with E-state index in [-0.39, 0.29) is 5.69 Å². The molecule has 1 aliphatic heterocycles. The van der Waals surface area contributed by atoms with Crippen LogP contribution < -0.4 is 15.4 Å². The van der Waals surface area contributed by atoms with Crippen LogP contribution in [-0.2, 0) is 9.53 Å². The fourth-order valence-corrected chi connectivity index (χ4v) is 2.01. The molecule has 6 nitrogen and oxygen atoms in total. The zero-order valence-electron chi connectivity index (χ0n) is 12.9. The number of ether oxygens (including phenoxy) is 2. The molecule has 1 aromatic rings. The number of hydrogen-bond acceptors (Lipinski definition) is 4. The van der Waals surface area contributed by atoms with Crippen LogP contribution in [0.2, 0.25) is 0 Å². The Morgan fingerprint density at radius 3 is 2.73 bits per heavy atom. The Morgan fingerprint density at radius 1 is 1.41 bits per heavy atom. The number of nitrogens with one attached hydrogen (secondary N) is 2. The van der Waals surface area contributed by atoms with Crippen LogP contribution >= 0.6 is 0 Å². The van der Waals surface area contributed by atoms with Gasteiger partial charge in [-0.2, -0.15) is 0 Å². The highest BCUT2D eigenvalue weighted by Crippen LogP contribution is 2.29. The Bertz CT molecular complexity index is 598. The van der Waals surface area contributed by atoms with E-state index in [1.54, 1.807) is 27.7 Å². The van der Waals surface area contributed by atoms with Gasteiger partial charge in [0.15, 0.2) is 0 Å². The summed E-state index contributed by atoms with van der Waals surface area (Å²) in [5, 5.41) is 5.01. The standard InChI is InChI=1S/C15H19FN2O4/c1-8-12(18-14(20)22-15(2,3)4)13(19)17-10-7-9(16)5-6-11(10)21-8/h5-8,12H,1-4H3,(H,17,19)(H,18,20). The maximum atomic E-state index is 13.2. The van der Waals surface area contributed by atoms with Gasteiger partial charge in [-0.15, -0.1) is 0 Å². The Hall–Kier alpha value is -2.31. The molecule has 2 rings (SSSR count). The Kier molecular flexibility index (Phi) is 4.25. The molecule has 1 aliphatic rings. The molecule has 0 saturated heterocycles. The third kappa shape index (κ3) is 3.87. The second-order valence-corrected chi connectivity index (χ2v) is 6.08. The third-order valence-electron chi connectivity index (χ3n) is 2.94. The van der Waals surface area contributed by atoms with Crippen molar-refractivity contribution in [2.24, 2.45) is 0 Å². The molecule has 2 amide bonds. The fourth-order valence-electron chi connectivity index (χ4n) is 2.01. The predicted molar refractivity (Wildman–Crippen MR) is 78.3 cm³/mol. The van der Waals surface area contributed by atoms with Gasteiger partial charge in [-0.05, 0) is 39.8 Å². The van der Waals surface area contributed by atoms with Crippen LogP contribution in [0.1, 0.15) is 27.7 Å². The van der Waals surface area contributed by atoms with Crippen molar-refractivity contribution in [1.82, 2.24) is 5.32 Å². The average molecular weight is 310 g/mol. The van der Waals surface area contributed by atoms with Gasteiger partial charge in [-0.25, -0.2) is 9.18 Å². The lowest BCUT2D eigenvalue weighted by Crippen LogP contribution is -2.51. The van der Waals surface area contributed by atoms with Gasteiger partial charge in [-0.3, -0.25) is 4.79 Å². The van der Waals surface area contributed by atoms with E-state index < -0.39 is 35.6 Å². The molecule has 0 bridgehead atoms. The quantitative estimate of drug-likeness (QED) is 0.835. The smallest absolute Gasteiger partial charge is 0.408 e. The van der Waals surface area contributed by atoms with E-state index in [0.29, 0.717) is 5.75 Å². The summed E-state index contributed by atoms with van der Waals surface area (Å²) in [6.45, 7) is 6.80. The van der Waals surface area contributed by atoms with E-state index in [2.05, 4.69) is 10.6 Å². The van der Waals surface area contributed by atoms with E-state index in [0.717, 1.165) is 6.07 Å². The number of amides is 2. The van der Waals surface area contributed by atoms with Crippen LogP contribution in [0.15, 0.2) is 18.2 Å². The van der Waals surface area contributed by atoms with Gasteiger partial charge in [0.2, 0.25) is 0 Å². The van der Waals surface area contributed by atoms with Crippen molar-refractivity contribution in [1.29, 1.82) is 0 Å². The number of rotatable bonds is 1. The number of carbonyl (C=O) groups excluding carboxylic acids is 2. The highest BCUT2D eigenvalue weighted by atomic mass is 19.1. The molecule has 120 valence electrons. The Balaban J connectivity index is 2.15. The summed E-state index contributed by atoms with van der Waals surface area (Å²) >= 11 is 0. The van der Waals surface area contributed by atoms with Crippen LogP contribution in [0.4, 0.5) is 14.9 Å². The minimum atomic E-state index is -0.953. The van der Waals surface area contributed by atoms with Gasteiger partial charge >= 0.3 is 6.09 Å². The van der Waals surface area contributed by atoms with Gasteiger partial charge < -0.3 is 20.1 Å². The lowest BCUT2D eigenvalue weighted by molar-refractivity contribution is -0.119. The predicted octanol–water partition coefficient (Wildman–Crippen LogP) is 2.44. The molecule has 2 N–H and O–H groups in total. The lowest BCUT2D eigenvalue weighted by atomic mass is 10.1. The Labute approximate surface area is 128 Å². The highest BCUT2D eigenvalue weighted by molar-refractivity contribution is 5.98. The first-order valence-electron chi connectivity index (χ1n) is 6.92. The minimum absolute atomic E-state index is 0.227. The van der Waals surface area contributed by atoms with Crippen LogP contribution in [0, 0.1) is 5.82 Å². The molecular weight excluding hydrogens is 291 g/mol. The summed E-state index contributed by atoms with van der Waals surface area (Å²) < 4.78 is 24.0. The molecular formula is C15H19FN2O4. The first-order chi connectivity index (χ1) is 10.2. The van der Waals surface area contributed by atoms with Gasteiger partial charge in [0.25, 0.3) is 5.91 Å². The largest absolute Gasteiger partial charge is 0.486 e. The van der Waals surface area contributed by atoms with E-state index in [4.69, 9.17) is 9.47 Å². The van der Waals surface area contributed by atoms with Gasteiger partial charge in [-0.1, -0.05) is 0 Å². The minimum Gasteiger partial charge on any atom is -0.486 e. The topological polar surface area (TPSA) is 76.7 Å². The normalized spacial score (nSPS) is 21.0. The molecule has 0 aliphatic carbocycles. The number of alkyl carbamates (subject to hydrolysis) is 1. The number of fused-ring (bicyclic) bond motifs is 1. The number of halogens is 1. The number of benzene rings is 1. The van der Waals surface area contributed by atoms with Crippen molar-refractivity contribution in [2.45, 2.75) is 45.4 Å². The Morgan fingerprint density at radius 2 is 2.09 bits per heavy atom. The van der Waals surface area contributed by atoms with Gasteiger partial charge in [0.1, 0.15) is 29.3 Å². The van der Waals surface area contributed by atoms with Crippen molar-refractivity contribution in [2.75, 3.05) is 5.32 Å². The third-order valence-corrected chi connectivity index (χ3v) is 2.94. The molecule has 22 heavy (non-hydrogen) atoms. The van der Waals surface area contributed by atoms with Crippen molar-refractivity contribution in [3.8, 4) is 5.75 Å². The van der Waals surface area contributed by atoms with Crippen LogP contribution in [0.3, 0.4) is 0 Å². The van der Waals surface area contributed by atoms with E-state index >= 15 is 0 Å². The molecule has 7 heteroatoms. The second-order valence-electron chi connectivity index (χ2n) is 6.08. The molecule has 1 heterocycles. The molecule has 0 fully saturated rings. The summed E-state index contributed by atoms with van der Waals surface area (Å²) in [5.41, 5.74) is -0.452. The number of hydrogen-bond donors (Lipinski definition) is 2. The van der Waals surface area contributed by atoms with Crippen LogP contribution in [0.25, 0.3) is 0 Å². The van der Waals surface area contributed by atoms with E-state index in [1.165, 1.54) is 12.1 Å².